The number of nitrogens with zero attached hydrogens (tertiary/aromatic N) is 1. The molecule has 2 heterocycles. The smallest absolute Gasteiger partial charge is 0.309 e. The Bertz CT molecular complexity index is 1280. The number of methoxy groups -OCH3 is 1. The summed E-state index contributed by atoms with van der Waals surface area (Å²) >= 11 is 0. The van der Waals surface area contributed by atoms with Crippen LogP contribution >= 0.6 is 0 Å². The molecule has 1 unspecified atom stereocenters. The molecule has 2 aliphatic rings. The molecule has 4 atom stereocenters. The molecule has 3 aromatic rings. The largest absolute Gasteiger partial charge is 0.497 e. The van der Waals surface area contributed by atoms with Gasteiger partial charge in [-0.3, -0.25) is 14.5 Å². The summed E-state index contributed by atoms with van der Waals surface area (Å²) in [7, 11) is 1.59. The zero-order chi connectivity index (χ0) is 26.6. The number of amides is 1. The zero-order valence-electron chi connectivity index (χ0n) is 21.5. The number of hydrogen-bond donors (Lipinski definition) is 2. The Morgan fingerprint density at radius 2 is 1.74 bits per heavy atom. The number of hydrogen-bond acceptors (Lipinski definition) is 6. The lowest BCUT2D eigenvalue weighted by atomic mass is 9.82. The quantitative estimate of drug-likeness (QED) is 0.431. The molecule has 38 heavy (non-hydrogen) atoms. The molecular weight excluding hydrogens is 484 g/mol. The fraction of sp³-hybridized carbons (Fsp3) is 0.333. The van der Waals surface area contributed by atoms with E-state index in [1.807, 2.05) is 84.6 Å². The van der Waals surface area contributed by atoms with Gasteiger partial charge in [0.25, 0.3) is 0 Å². The van der Waals surface area contributed by atoms with Crippen molar-refractivity contribution in [2.24, 2.45) is 5.92 Å². The van der Waals surface area contributed by atoms with Crippen LogP contribution in [-0.2, 0) is 9.59 Å². The van der Waals surface area contributed by atoms with Gasteiger partial charge in [0.15, 0.2) is 11.5 Å². The monoisotopic (exact) mass is 516 g/mol. The topological polar surface area (TPSA) is 97.3 Å². The van der Waals surface area contributed by atoms with Gasteiger partial charge in [-0.15, -0.1) is 0 Å². The van der Waals surface area contributed by atoms with Crippen LogP contribution < -0.4 is 19.5 Å². The van der Waals surface area contributed by atoms with Crippen molar-refractivity contribution in [3.8, 4) is 17.2 Å². The predicted molar refractivity (Wildman–Crippen MR) is 141 cm³/mol. The molecule has 1 fully saturated rings. The fourth-order valence-corrected chi connectivity index (χ4v) is 5.58. The zero-order valence-corrected chi connectivity index (χ0v) is 21.5. The maximum absolute atomic E-state index is 13.7. The minimum atomic E-state index is -0.920. The maximum Gasteiger partial charge on any atom is 0.309 e. The molecule has 3 aromatic carbocycles. The molecule has 0 bridgehead atoms. The number of rotatable bonds is 9. The number of fused-ring (bicyclic) bond motifs is 1. The van der Waals surface area contributed by atoms with Crippen molar-refractivity contribution in [1.29, 1.82) is 0 Å². The standard InChI is InChI=1S/C30H32N2O6/c1-3-15-31-29(33)28(19-7-5-4-6-8-19)32-17-23(21-11-14-24-25(16-21)38-18-37-24)26(30(34)35)27(32)20-9-12-22(36-2)13-10-20/h4-14,16,23,26-28H,3,15,17-18H2,1-2H3,(H,31,33)(H,34,35)/t23-,26+,27-,28?/m1/s1. The third-order valence-corrected chi connectivity index (χ3v) is 7.35. The van der Waals surface area contributed by atoms with E-state index in [0.29, 0.717) is 30.3 Å². The number of carbonyl (C=O) groups excluding carboxylic acids is 1. The van der Waals surface area contributed by atoms with Crippen molar-refractivity contribution < 1.29 is 28.9 Å². The van der Waals surface area contributed by atoms with Crippen molar-refractivity contribution in [2.45, 2.75) is 31.3 Å². The van der Waals surface area contributed by atoms with Crippen LogP contribution in [0.4, 0.5) is 0 Å². The van der Waals surface area contributed by atoms with E-state index in [2.05, 4.69) is 5.32 Å². The third-order valence-electron chi connectivity index (χ3n) is 7.35. The second-order valence-electron chi connectivity index (χ2n) is 9.60. The van der Waals surface area contributed by atoms with E-state index in [0.717, 1.165) is 23.1 Å². The van der Waals surface area contributed by atoms with E-state index >= 15 is 0 Å². The Balaban J connectivity index is 1.63. The number of aliphatic carboxylic acids is 1. The Hall–Kier alpha value is -4.04. The Morgan fingerprint density at radius 3 is 2.42 bits per heavy atom. The summed E-state index contributed by atoms with van der Waals surface area (Å²) in [6.07, 6.45) is 0.798. The van der Waals surface area contributed by atoms with E-state index in [1.165, 1.54) is 0 Å². The van der Waals surface area contributed by atoms with E-state index < -0.39 is 24.0 Å². The van der Waals surface area contributed by atoms with E-state index in [4.69, 9.17) is 14.2 Å². The first-order valence-corrected chi connectivity index (χ1v) is 12.9. The summed E-state index contributed by atoms with van der Waals surface area (Å²) in [6, 6.07) is 21.3. The van der Waals surface area contributed by atoms with Gasteiger partial charge in [0.05, 0.1) is 13.0 Å². The SMILES string of the molecule is CCCNC(=O)C(c1ccccc1)N1C[C@H](c2ccc3c(c2)OCO3)[C@H](C(=O)O)[C@H]1c1ccc(OC)cc1. The summed E-state index contributed by atoms with van der Waals surface area (Å²) in [5.74, 6) is -0.343. The van der Waals surface area contributed by atoms with Crippen molar-refractivity contribution >= 4 is 11.9 Å². The Morgan fingerprint density at radius 1 is 1.03 bits per heavy atom. The summed E-state index contributed by atoms with van der Waals surface area (Å²) in [5.41, 5.74) is 2.46. The van der Waals surface area contributed by atoms with Crippen LogP contribution in [0.25, 0.3) is 0 Å². The number of carboxylic acids is 1. The van der Waals surface area contributed by atoms with Crippen molar-refractivity contribution in [1.82, 2.24) is 10.2 Å². The number of carboxylic acid groups (broad SMARTS) is 1. The summed E-state index contributed by atoms with van der Waals surface area (Å²) < 4.78 is 16.4. The van der Waals surface area contributed by atoms with Crippen LogP contribution in [0, 0.1) is 5.92 Å². The molecule has 198 valence electrons. The molecule has 1 saturated heterocycles. The van der Waals surface area contributed by atoms with Gasteiger partial charge in [-0.25, -0.2) is 0 Å². The van der Waals surface area contributed by atoms with Crippen molar-refractivity contribution in [3.05, 3.63) is 89.5 Å². The number of ether oxygens (including phenoxy) is 3. The molecule has 0 saturated carbocycles. The van der Waals surface area contributed by atoms with E-state index in [1.54, 1.807) is 7.11 Å². The Labute approximate surface area is 222 Å². The van der Waals surface area contributed by atoms with Gasteiger partial charge in [-0.2, -0.15) is 0 Å². The molecule has 0 aliphatic carbocycles. The third kappa shape index (κ3) is 4.91. The van der Waals surface area contributed by atoms with Gasteiger partial charge in [0.1, 0.15) is 11.8 Å². The molecule has 2 N–H and O–H groups in total. The molecule has 0 radical (unpaired) electrons. The van der Waals surface area contributed by atoms with Gasteiger partial charge in [0.2, 0.25) is 12.7 Å². The predicted octanol–water partition coefficient (Wildman–Crippen LogP) is 4.53. The minimum absolute atomic E-state index is 0.139. The van der Waals surface area contributed by atoms with Crippen molar-refractivity contribution in [3.63, 3.8) is 0 Å². The number of nitrogens with one attached hydrogen (secondary N) is 1. The van der Waals surface area contributed by atoms with Crippen LogP contribution in [-0.4, -0.2) is 48.9 Å². The molecule has 2 aliphatic heterocycles. The molecule has 8 heteroatoms. The van der Waals surface area contributed by atoms with Gasteiger partial charge < -0.3 is 24.6 Å². The number of carbonyl (C=O) groups is 2. The van der Waals surface area contributed by atoms with Crippen LogP contribution in [0.5, 0.6) is 17.2 Å². The highest BCUT2D eigenvalue weighted by molar-refractivity contribution is 5.84. The summed E-state index contributed by atoms with van der Waals surface area (Å²) in [6.45, 7) is 3.05. The molecule has 5 rings (SSSR count). The number of benzene rings is 3. The minimum Gasteiger partial charge on any atom is -0.497 e. The average molecular weight is 517 g/mol. The Kier molecular flexibility index (Phi) is 7.51. The molecule has 0 aromatic heterocycles. The lowest BCUT2D eigenvalue weighted by Gasteiger charge is -2.34. The fourth-order valence-electron chi connectivity index (χ4n) is 5.58. The second kappa shape index (κ2) is 11.1. The first-order valence-electron chi connectivity index (χ1n) is 12.9. The van der Waals surface area contributed by atoms with E-state index in [9.17, 15) is 14.7 Å². The highest BCUT2D eigenvalue weighted by atomic mass is 16.7. The van der Waals surface area contributed by atoms with Crippen LogP contribution in [0.15, 0.2) is 72.8 Å². The highest BCUT2D eigenvalue weighted by Gasteiger charge is 2.51. The van der Waals surface area contributed by atoms with Crippen LogP contribution in [0.2, 0.25) is 0 Å². The molecule has 0 spiro atoms. The van der Waals surface area contributed by atoms with Gasteiger partial charge in [-0.05, 0) is 47.4 Å². The maximum atomic E-state index is 13.7. The highest BCUT2D eigenvalue weighted by Crippen LogP contribution is 2.50. The molecule has 1 amide bonds. The normalized spacial score (nSPS) is 21.2. The summed E-state index contributed by atoms with van der Waals surface area (Å²) in [4.78, 5) is 28.7. The lowest BCUT2D eigenvalue weighted by molar-refractivity contribution is -0.144. The van der Waals surface area contributed by atoms with Crippen LogP contribution in [0.3, 0.4) is 0 Å². The second-order valence-corrected chi connectivity index (χ2v) is 9.60. The van der Waals surface area contributed by atoms with E-state index in [-0.39, 0.29) is 18.6 Å². The first kappa shape index (κ1) is 25.6. The summed E-state index contributed by atoms with van der Waals surface area (Å²) in [5, 5.41) is 13.7. The molecular formula is C30H32N2O6. The van der Waals surface area contributed by atoms with Gasteiger partial charge >= 0.3 is 5.97 Å². The molecule has 8 nitrogen and oxygen atoms in total. The van der Waals surface area contributed by atoms with Gasteiger partial charge in [-0.1, -0.05) is 55.5 Å². The first-order chi connectivity index (χ1) is 18.5. The number of likely N-dealkylation sites (tertiary alicyclic amines) is 1. The van der Waals surface area contributed by atoms with Crippen molar-refractivity contribution in [2.75, 3.05) is 27.0 Å². The average Bonchev–Trinajstić information content (AvgIpc) is 3.57. The van der Waals surface area contributed by atoms with Crippen LogP contribution in [0.1, 0.15) is 48.0 Å². The van der Waals surface area contributed by atoms with Gasteiger partial charge in [0, 0.05) is 25.0 Å². The lowest BCUT2D eigenvalue weighted by Crippen LogP contribution is -2.41.